The second-order valence-electron chi connectivity index (χ2n) is 6.20. The van der Waals surface area contributed by atoms with Crippen molar-refractivity contribution in [2.24, 2.45) is 5.10 Å². The first-order valence-corrected chi connectivity index (χ1v) is 11.5. The van der Waals surface area contributed by atoms with Crippen LogP contribution in [0.5, 0.6) is 11.5 Å². The zero-order valence-electron chi connectivity index (χ0n) is 16.3. The molecule has 30 heavy (non-hydrogen) atoms. The summed E-state index contributed by atoms with van der Waals surface area (Å²) in [5, 5.41) is 3.88. The molecule has 0 amide bonds. The van der Waals surface area contributed by atoms with Gasteiger partial charge in [0.25, 0.3) is 10.0 Å². The summed E-state index contributed by atoms with van der Waals surface area (Å²) in [6, 6.07) is 21.4. The molecule has 0 aromatic heterocycles. The van der Waals surface area contributed by atoms with Crippen LogP contribution in [0, 0.1) is 0 Å². The van der Waals surface area contributed by atoms with Crippen molar-refractivity contribution in [1.82, 2.24) is 4.83 Å². The minimum absolute atomic E-state index is 0.142. The third kappa shape index (κ3) is 5.84. The average molecular weight is 489 g/mol. The van der Waals surface area contributed by atoms with Crippen molar-refractivity contribution in [3.8, 4) is 11.5 Å². The molecule has 0 aliphatic heterocycles. The van der Waals surface area contributed by atoms with Crippen molar-refractivity contribution in [2.45, 2.75) is 18.4 Å². The number of benzene rings is 3. The first-order chi connectivity index (χ1) is 14.5. The lowest BCUT2D eigenvalue weighted by Crippen LogP contribution is -2.18. The molecule has 0 saturated heterocycles. The Kier molecular flexibility index (Phi) is 7.48. The van der Waals surface area contributed by atoms with E-state index in [1.165, 1.54) is 18.3 Å². The highest BCUT2D eigenvalue weighted by atomic mass is 79.9. The summed E-state index contributed by atoms with van der Waals surface area (Å²) < 4.78 is 36.8. The van der Waals surface area contributed by atoms with Gasteiger partial charge in [0.2, 0.25) is 0 Å². The Bertz CT molecular complexity index is 1100. The lowest BCUT2D eigenvalue weighted by Gasteiger charge is -2.14. The van der Waals surface area contributed by atoms with Crippen molar-refractivity contribution >= 4 is 32.2 Å². The van der Waals surface area contributed by atoms with Gasteiger partial charge in [-0.2, -0.15) is 13.5 Å². The fourth-order valence-corrected chi connectivity index (χ4v) is 4.00. The van der Waals surface area contributed by atoms with Crippen molar-refractivity contribution in [1.29, 1.82) is 0 Å². The van der Waals surface area contributed by atoms with Crippen molar-refractivity contribution < 1.29 is 17.9 Å². The van der Waals surface area contributed by atoms with E-state index in [1.54, 1.807) is 30.3 Å². The van der Waals surface area contributed by atoms with E-state index >= 15 is 0 Å². The van der Waals surface area contributed by atoms with Crippen molar-refractivity contribution in [3.05, 3.63) is 88.4 Å². The molecule has 8 heteroatoms. The Balaban J connectivity index is 1.76. The van der Waals surface area contributed by atoms with E-state index in [2.05, 4.69) is 25.9 Å². The molecule has 0 heterocycles. The maximum absolute atomic E-state index is 12.3. The van der Waals surface area contributed by atoms with Gasteiger partial charge in [0.1, 0.15) is 6.61 Å². The van der Waals surface area contributed by atoms with Crippen LogP contribution in [0.15, 0.2) is 87.3 Å². The van der Waals surface area contributed by atoms with Gasteiger partial charge in [-0.05, 0) is 58.2 Å². The van der Waals surface area contributed by atoms with Gasteiger partial charge < -0.3 is 9.47 Å². The van der Waals surface area contributed by atoms with Crippen LogP contribution in [-0.2, 0) is 16.6 Å². The lowest BCUT2D eigenvalue weighted by atomic mass is 10.2. The van der Waals surface area contributed by atoms with Gasteiger partial charge >= 0.3 is 0 Å². The van der Waals surface area contributed by atoms with Crippen LogP contribution in [0.25, 0.3) is 0 Å². The van der Waals surface area contributed by atoms with Gasteiger partial charge in [0.05, 0.1) is 22.2 Å². The van der Waals surface area contributed by atoms with Gasteiger partial charge in [-0.1, -0.05) is 48.5 Å². The summed E-state index contributed by atoms with van der Waals surface area (Å²) in [7, 11) is -3.72. The fraction of sp³-hybridized carbons (Fsp3) is 0.136. The van der Waals surface area contributed by atoms with Crippen LogP contribution < -0.4 is 14.3 Å². The Hall–Kier alpha value is -2.84. The summed E-state index contributed by atoms with van der Waals surface area (Å²) in [6.07, 6.45) is 1.41. The number of hydrogen-bond acceptors (Lipinski definition) is 5. The molecule has 0 bridgehead atoms. The van der Waals surface area contributed by atoms with E-state index in [-0.39, 0.29) is 4.90 Å². The minimum Gasteiger partial charge on any atom is -0.490 e. The summed E-state index contributed by atoms with van der Waals surface area (Å²) in [5.74, 6) is 1.11. The van der Waals surface area contributed by atoms with Crippen molar-refractivity contribution in [3.63, 3.8) is 0 Å². The highest BCUT2D eigenvalue weighted by Gasteiger charge is 2.13. The van der Waals surface area contributed by atoms with E-state index < -0.39 is 10.0 Å². The van der Waals surface area contributed by atoms with Gasteiger partial charge in [0.15, 0.2) is 11.5 Å². The van der Waals surface area contributed by atoms with Crippen LogP contribution in [0.1, 0.15) is 18.1 Å². The number of nitrogens with zero attached hydrogens (tertiary/aromatic N) is 1. The van der Waals surface area contributed by atoms with Crippen LogP contribution in [0.2, 0.25) is 0 Å². The molecule has 0 saturated carbocycles. The second-order valence-corrected chi connectivity index (χ2v) is 8.72. The average Bonchev–Trinajstić information content (AvgIpc) is 2.75. The number of rotatable bonds is 9. The molecule has 0 radical (unpaired) electrons. The fourth-order valence-electron chi connectivity index (χ4n) is 2.62. The molecule has 0 aliphatic rings. The van der Waals surface area contributed by atoms with E-state index in [1.807, 2.05) is 37.3 Å². The summed E-state index contributed by atoms with van der Waals surface area (Å²) in [5.41, 5.74) is 1.68. The molecule has 1 N–H and O–H groups in total. The van der Waals surface area contributed by atoms with Crippen LogP contribution in [0.3, 0.4) is 0 Å². The molecule has 0 aliphatic carbocycles. The molecule has 6 nitrogen and oxygen atoms in total. The van der Waals surface area contributed by atoms with Gasteiger partial charge in [-0.25, -0.2) is 4.83 Å². The van der Waals surface area contributed by atoms with Gasteiger partial charge in [-0.15, -0.1) is 0 Å². The van der Waals surface area contributed by atoms with E-state index in [0.717, 1.165) is 5.56 Å². The number of halogens is 1. The van der Waals surface area contributed by atoms with E-state index in [9.17, 15) is 8.42 Å². The lowest BCUT2D eigenvalue weighted by molar-refractivity contribution is 0.267. The summed E-state index contributed by atoms with van der Waals surface area (Å²) >= 11 is 3.50. The molecule has 3 rings (SSSR count). The predicted octanol–water partition coefficient (Wildman–Crippen LogP) is 4.74. The third-order valence-corrected chi connectivity index (χ3v) is 5.83. The molecule has 0 fully saturated rings. The molecule has 0 atom stereocenters. The smallest absolute Gasteiger partial charge is 0.276 e. The topological polar surface area (TPSA) is 77.0 Å². The van der Waals surface area contributed by atoms with Gasteiger partial charge in [0, 0.05) is 0 Å². The Labute approximate surface area is 184 Å². The molecule has 156 valence electrons. The number of nitrogens with one attached hydrogen (secondary N) is 1. The predicted molar refractivity (Wildman–Crippen MR) is 120 cm³/mol. The summed E-state index contributed by atoms with van der Waals surface area (Å²) in [6.45, 7) is 2.73. The molecular weight excluding hydrogens is 468 g/mol. The Morgan fingerprint density at radius 1 is 1.00 bits per heavy atom. The van der Waals surface area contributed by atoms with Gasteiger partial charge in [-0.3, -0.25) is 0 Å². The minimum atomic E-state index is -3.72. The standard InChI is InChI=1S/C22H21BrN2O4S/c1-2-28-21-14-18(15-24-25-30(26,27)19-11-7-4-8-12-19)13-20(23)22(21)29-16-17-9-5-3-6-10-17/h3-15,25H,2,16H2,1H3. The largest absolute Gasteiger partial charge is 0.490 e. The first kappa shape index (κ1) is 21.9. The number of ether oxygens (including phenoxy) is 2. The quantitative estimate of drug-likeness (QED) is 0.348. The van der Waals surface area contributed by atoms with E-state index in [4.69, 9.17) is 9.47 Å². The molecular formula is C22H21BrN2O4S. The Morgan fingerprint density at radius 3 is 2.33 bits per heavy atom. The normalized spacial score (nSPS) is 11.4. The maximum atomic E-state index is 12.3. The number of sulfonamides is 1. The van der Waals surface area contributed by atoms with Crippen LogP contribution in [-0.4, -0.2) is 21.2 Å². The monoisotopic (exact) mass is 488 g/mol. The summed E-state index contributed by atoms with van der Waals surface area (Å²) in [4.78, 5) is 2.35. The number of hydrazone groups is 1. The van der Waals surface area contributed by atoms with Crippen LogP contribution in [0.4, 0.5) is 0 Å². The van der Waals surface area contributed by atoms with Crippen molar-refractivity contribution in [2.75, 3.05) is 6.61 Å². The first-order valence-electron chi connectivity index (χ1n) is 9.22. The zero-order valence-corrected chi connectivity index (χ0v) is 18.7. The third-order valence-electron chi connectivity index (χ3n) is 4.00. The highest BCUT2D eigenvalue weighted by molar-refractivity contribution is 9.10. The molecule has 3 aromatic rings. The Morgan fingerprint density at radius 2 is 1.67 bits per heavy atom. The SMILES string of the molecule is CCOc1cc(C=NNS(=O)(=O)c2ccccc2)cc(Br)c1OCc1ccccc1. The number of hydrogen-bond donors (Lipinski definition) is 1. The van der Waals surface area contributed by atoms with Crippen LogP contribution >= 0.6 is 15.9 Å². The molecule has 0 unspecified atom stereocenters. The maximum Gasteiger partial charge on any atom is 0.276 e. The molecule has 0 spiro atoms. The van der Waals surface area contributed by atoms with E-state index in [0.29, 0.717) is 34.7 Å². The molecule has 3 aromatic carbocycles. The highest BCUT2D eigenvalue weighted by Crippen LogP contribution is 2.37. The second kappa shape index (κ2) is 10.3. The zero-order chi connectivity index (χ0) is 21.4.